The summed E-state index contributed by atoms with van der Waals surface area (Å²) in [6, 6.07) is 2.57. The van der Waals surface area contributed by atoms with Crippen LogP contribution in [0.15, 0.2) is 0 Å². The summed E-state index contributed by atoms with van der Waals surface area (Å²) in [4.78, 5) is 12.7. The number of nitrogens with two attached hydrogens (primary N) is 1. The lowest BCUT2D eigenvalue weighted by Gasteiger charge is -2.26. The minimum absolute atomic E-state index is 0.121. The quantitative estimate of drug-likeness (QED) is 0.817. The molecule has 0 radical (unpaired) electrons. The van der Waals surface area contributed by atoms with Crippen molar-refractivity contribution in [3.05, 3.63) is 10.4 Å². The Kier molecular flexibility index (Phi) is 2.75. The molecule has 1 aromatic heterocycles. The van der Waals surface area contributed by atoms with Crippen molar-refractivity contribution in [2.75, 3.05) is 11.1 Å². The van der Waals surface area contributed by atoms with E-state index in [0.717, 1.165) is 30.7 Å². The molecule has 0 saturated heterocycles. The first kappa shape index (κ1) is 11.5. The fraction of sp³-hybridized carbons (Fsp3) is 0.538. The number of nitriles is 1. The molecule has 3 rings (SSSR count). The molecule has 0 amide bonds. The van der Waals surface area contributed by atoms with Gasteiger partial charge in [0.1, 0.15) is 16.6 Å². The first-order valence-electron chi connectivity index (χ1n) is 6.33. The third kappa shape index (κ3) is 1.87. The normalized spacial score (nSPS) is 19.1. The van der Waals surface area contributed by atoms with E-state index in [0.29, 0.717) is 22.2 Å². The number of anilines is 2. The Morgan fingerprint density at radius 3 is 2.61 bits per heavy atom. The second kappa shape index (κ2) is 4.29. The van der Waals surface area contributed by atoms with Gasteiger partial charge in [0.05, 0.1) is 10.6 Å². The number of nitrogens with one attached hydrogen (secondary N) is 1. The Morgan fingerprint density at radius 1 is 1.39 bits per heavy atom. The number of nitrogens with zero attached hydrogens (tertiary/aromatic N) is 1. The summed E-state index contributed by atoms with van der Waals surface area (Å²) < 4.78 is 0. The monoisotopic (exact) mass is 261 g/mol. The maximum absolute atomic E-state index is 12.1. The zero-order valence-electron chi connectivity index (χ0n) is 10.0. The molecule has 94 valence electrons. The number of carbonyl (C=O) groups is 1. The average Bonchev–Trinajstić information content (AvgIpc) is 3.09. The second-order valence-electron chi connectivity index (χ2n) is 5.07. The Balaban J connectivity index is 1.90. The van der Waals surface area contributed by atoms with E-state index < -0.39 is 0 Å². The van der Waals surface area contributed by atoms with Crippen LogP contribution < -0.4 is 11.1 Å². The summed E-state index contributed by atoms with van der Waals surface area (Å²) in [6.45, 7) is 0. The molecule has 4 nitrogen and oxygen atoms in total. The largest absolute Gasteiger partial charge is 0.396 e. The van der Waals surface area contributed by atoms with Gasteiger partial charge in [-0.3, -0.25) is 4.79 Å². The first-order valence-corrected chi connectivity index (χ1v) is 7.15. The average molecular weight is 261 g/mol. The number of nitrogen functional groups attached to an aromatic ring is 1. The maximum Gasteiger partial charge on any atom is 0.178 e. The molecule has 18 heavy (non-hydrogen) atoms. The molecule has 5 heteroatoms. The second-order valence-corrected chi connectivity index (χ2v) is 6.09. The number of ketones is 1. The Bertz CT molecular complexity index is 535. The molecule has 1 aromatic rings. The van der Waals surface area contributed by atoms with Crippen molar-refractivity contribution in [1.82, 2.24) is 0 Å². The maximum atomic E-state index is 12.1. The van der Waals surface area contributed by atoms with Crippen LogP contribution in [0.5, 0.6) is 0 Å². The van der Waals surface area contributed by atoms with Crippen molar-refractivity contribution in [1.29, 1.82) is 5.26 Å². The summed E-state index contributed by atoms with van der Waals surface area (Å²) in [7, 11) is 0. The number of hydrogen-bond acceptors (Lipinski definition) is 5. The van der Waals surface area contributed by atoms with Crippen molar-refractivity contribution in [2.45, 2.75) is 38.1 Å². The summed E-state index contributed by atoms with van der Waals surface area (Å²) in [5.41, 5.74) is 6.77. The van der Waals surface area contributed by atoms with Crippen LogP contribution in [0.4, 0.5) is 10.7 Å². The lowest BCUT2D eigenvalue weighted by Crippen LogP contribution is -2.26. The molecule has 0 atom stereocenters. The lowest BCUT2D eigenvalue weighted by molar-refractivity contribution is 0.0972. The third-order valence-electron chi connectivity index (χ3n) is 3.67. The molecule has 2 saturated carbocycles. The highest BCUT2D eigenvalue weighted by Crippen LogP contribution is 2.42. The van der Waals surface area contributed by atoms with Crippen LogP contribution >= 0.6 is 11.3 Å². The predicted molar refractivity (Wildman–Crippen MR) is 71.8 cm³/mol. The van der Waals surface area contributed by atoms with Crippen LogP contribution in [0.2, 0.25) is 0 Å². The van der Waals surface area contributed by atoms with Crippen LogP contribution in [0.1, 0.15) is 47.3 Å². The van der Waals surface area contributed by atoms with Gasteiger partial charge in [0.15, 0.2) is 5.78 Å². The number of hydrogen-bond donors (Lipinski definition) is 2. The highest BCUT2D eigenvalue weighted by Gasteiger charge is 2.34. The Morgan fingerprint density at radius 2 is 2.11 bits per heavy atom. The smallest absolute Gasteiger partial charge is 0.178 e. The van der Waals surface area contributed by atoms with Gasteiger partial charge in [-0.2, -0.15) is 5.26 Å². The summed E-state index contributed by atoms with van der Waals surface area (Å²) in [5.74, 6) is 0.268. The van der Waals surface area contributed by atoms with Gasteiger partial charge in [-0.1, -0.05) is 0 Å². The predicted octanol–water partition coefficient (Wildman–Crippen LogP) is 2.76. The standard InChI is InChI=1S/C13H15N3OS/c14-6-9-10(15)12(11(17)7-4-5-7)18-13(9)16-8-2-1-3-8/h7-8,16H,1-5,15H2. The molecular weight excluding hydrogens is 246 g/mol. The fourth-order valence-corrected chi connectivity index (χ4v) is 3.28. The van der Waals surface area contributed by atoms with Crippen LogP contribution in [-0.4, -0.2) is 11.8 Å². The number of rotatable bonds is 4. The highest BCUT2D eigenvalue weighted by atomic mass is 32.1. The first-order chi connectivity index (χ1) is 8.70. The van der Waals surface area contributed by atoms with Crippen LogP contribution in [0.3, 0.4) is 0 Å². The van der Waals surface area contributed by atoms with Gasteiger partial charge >= 0.3 is 0 Å². The molecule has 0 spiro atoms. The van der Waals surface area contributed by atoms with Gasteiger partial charge in [-0.15, -0.1) is 11.3 Å². The molecule has 0 aliphatic heterocycles. The van der Waals surface area contributed by atoms with E-state index in [1.165, 1.54) is 17.8 Å². The Hall–Kier alpha value is -1.54. The van der Waals surface area contributed by atoms with Crippen molar-refractivity contribution >= 4 is 27.8 Å². The third-order valence-corrected chi connectivity index (χ3v) is 4.82. The van der Waals surface area contributed by atoms with E-state index in [-0.39, 0.29) is 11.7 Å². The van der Waals surface area contributed by atoms with Gasteiger partial charge in [-0.05, 0) is 32.1 Å². The van der Waals surface area contributed by atoms with E-state index >= 15 is 0 Å². The molecule has 1 heterocycles. The number of carbonyl (C=O) groups excluding carboxylic acids is 1. The van der Waals surface area contributed by atoms with Crippen LogP contribution in [0, 0.1) is 17.2 Å². The lowest BCUT2D eigenvalue weighted by atomic mass is 9.93. The topological polar surface area (TPSA) is 78.9 Å². The van der Waals surface area contributed by atoms with E-state index in [9.17, 15) is 10.1 Å². The summed E-state index contributed by atoms with van der Waals surface area (Å²) >= 11 is 1.36. The molecule has 0 bridgehead atoms. The van der Waals surface area contributed by atoms with Gasteiger partial charge in [0.25, 0.3) is 0 Å². The van der Waals surface area contributed by atoms with E-state index in [4.69, 9.17) is 5.73 Å². The van der Waals surface area contributed by atoms with Crippen molar-refractivity contribution in [2.24, 2.45) is 5.92 Å². The molecule has 0 aromatic carbocycles. The molecule has 2 aliphatic carbocycles. The van der Waals surface area contributed by atoms with Crippen molar-refractivity contribution in [3.63, 3.8) is 0 Å². The van der Waals surface area contributed by atoms with E-state index in [1.807, 2.05) is 0 Å². The highest BCUT2D eigenvalue weighted by molar-refractivity contribution is 7.19. The molecule has 3 N–H and O–H groups in total. The SMILES string of the molecule is N#Cc1c(NC2CCC2)sc(C(=O)C2CC2)c1N. The molecular formula is C13H15N3OS. The zero-order chi connectivity index (χ0) is 12.7. The van der Waals surface area contributed by atoms with Gasteiger partial charge in [-0.25, -0.2) is 0 Å². The fourth-order valence-electron chi connectivity index (χ4n) is 2.11. The van der Waals surface area contributed by atoms with Crippen LogP contribution in [0.25, 0.3) is 0 Å². The van der Waals surface area contributed by atoms with Gasteiger partial charge in [0.2, 0.25) is 0 Å². The van der Waals surface area contributed by atoms with Gasteiger partial charge in [0, 0.05) is 12.0 Å². The number of thiophene rings is 1. The molecule has 0 unspecified atom stereocenters. The molecule has 2 aliphatic rings. The van der Waals surface area contributed by atoms with Crippen LogP contribution in [-0.2, 0) is 0 Å². The zero-order valence-corrected chi connectivity index (χ0v) is 10.8. The summed E-state index contributed by atoms with van der Waals surface area (Å²) in [6.07, 6.45) is 5.42. The van der Waals surface area contributed by atoms with E-state index in [2.05, 4.69) is 11.4 Å². The number of Topliss-reactive ketones (excluding diaryl/α,β-unsaturated/α-hetero) is 1. The van der Waals surface area contributed by atoms with Gasteiger partial charge < -0.3 is 11.1 Å². The minimum atomic E-state index is 0.121. The van der Waals surface area contributed by atoms with Crippen molar-refractivity contribution in [3.8, 4) is 6.07 Å². The van der Waals surface area contributed by atoms with E-state index in [1.54, 1.807) is 0 Å². The minimum Gasteiger partial charge on any atom is -0.396 e. The summed E-state index contributed by atoms with van der Waals surface area (Å²) in [5, 5.41) is 13.3. The molecule has 2 fully saturated rings. The Labute approximate surface area is 110 Å². The van der Waals surface area contributed by atoms with Crippen molar-refractivity contribution < 1.29 is 4.79 Å².